The van der Waals surface area contributed by atoms with Crippen LogP contribution < -0.4 is 20.9 Å². The molecule has 3 heterocycles. The van der Waals surface area contributed by atoms with Crippen molar-refractivity contribution in [1.82, 2.24) is 34.3 Å². The molecule has 0 saturated carbocycles. The molecular weight excluding hydrogens is 626 g/mol. The number of imidazole rings is 1. The number of aromatic nitrogens is 5. The molecule has 4 aromatic rings. The van der Waals surface area contributed by atoms with Gasteiger partial charge in [0, 0.05) is 26.4 Å². The number of carbonyl (C=O) groups is 4. The number of amides is 3. The number of fused-ring (bicyclic) bond motifs is 1. The summed E-state index contributed by atoms with van der Waals surface area (Å²) in [6, 6.07) is 4.11. The Balaban J connectivity index is 1.60. The number of ether oxygens (including phenoxy) is 2. The lowest BCUT2D eigenvalue weighted by molar-refractivity contribution is -0.123. The van der Waals surface area contributed by atoms with E-state index in [9.17, 15) is 37.9 Å². The summed E-state index contributed by atoms with van der Waals surface area (Å²) in [6.45, 7) is -0.440. The molecule has 246 valence electrons. The van der Waals surface area contributed by atoms with E-state index < -0.39 is 53.6 Å². The average Bonchev–Trinajstić information content (AvgIpc) is 3.40. The van der Waals surface area contributed by atoms with Crippen molar-refractivity contribution in [2.24, 2.45) is 0 Å². The van der Waals surface area contributed by atoms with Crippen molar-refractivity contribution in [3.05, 3.63) is 82.8 Å². The topological polar surface area (TPSA) is 200 Å². The molecular formula is C29H28F2N8O8. The van der Waals surface area contributed by atoms with E-state index >= 15 is 0 Å². The molecule has 0 bridgehead atoms. The van der Waals surface area contributed by atoms with Crippen LogP contribution in [0.25, 0.3) is 11.2 Å². The fourth-order valence-corrected chi connectivity index (χ4v) is 4.16. The Bertz CT molecular complexity index is 1920. The first kappa shape index (κ1) is 33.7. The zero-order valence-corrected chi connectivity index (χ0v) is 25.1. The lowest BCUT2D eigenvalue weighted by Crippen LogP contribution is -2.44. The Morgan fingerprint density at radius 1 is 1.15 bits per heavy atom. The second kappa shape index (κ2) is 14.7. The van der Waals surface area contributed by atoms with Gasteiger partial charge in [0.15, 0.2) is 22.7 Å². The number of carboxylic acid groups (broad SMARTS) is 1. The number of alkyl carbamates (subject to hydrolysis) is 1. The molecule has 3 N–H and O–H groups in total. The van der Waals surface area contributed by atoms with E-state index in [0.29, 0.717) is 10.6 Å². The van der Waals surface area contributed by atoms with Gasteiger partial charge in [0.2, 0.25) is 11.8 Å². The van der Waals surface area contributed by atoms with Crippen molar-refractivity contribution >= 4 is 40.9 Å². The number of hydrogen-bond donors (Lipinski definition) is 3. The first-order chi connectivity index (χ1) is 22.4. The highest BCUT2D eigenvalue weighted by molar-refractivity contribution is 5.96. The third kappa shape index (κ3) is 8.10. The fraction of sp³-hybridized carbons (Fsp3) is 0.241. The van der Waals surface area contributed by atoms with Gasteiger partial charge in [0.1, 0.15) is 29.7 Å². The zero-order chi connectivity index (χ0) is 34.2. The van der Waals surface area contributed by atoms with Gasteiger partial charge in [-0.15, -0.1) is 0 Å². The van der Waals surface area contributed by atoms with Gasteiger partial charge in [-0.05, 0) is 43.2 Å². The predicted molar refractivity (Wildman–Crippen MR) is 160 cm³/mol. The zero-order valence-electron chi connectivity index (χ0n) is 25.1. The number of methoxy groups -OCH3 is 1. The van der Waals surface area contributed by atoms with Crippen LogP contribution in [0.15, 0.2) is 59.8 Å². The number of pyridine rings is 1. The van der Waals surface area contributed by atoms with Crippen LogP contribution in [0.4, 0.5) is 24.1 Å². The summed E-state index contributed by atoms with van der Waals surface area (Å²) in [6.07, 6.45) is 2.97. The summed E-state index contributed by atoms with van der Waals surface area (Å²) < 4.78 is 39.3. The first-order valence-corrected chi connectivity index (χ1v) is 13.7. The molecule has 0 fully saturated rings. The minimum atomic E-state index is -1.52. The summed E-state index contributed by atoms with van der Waals surface area (Å²) >= 11 is 0. The van der Waals surface area contributed by atoms with Crippen LogP contribution in [0.1, 0.15) is 18.7 Å². The van der Waals surface area contributed by atoms with E-state index in [1.807, 2.05) is 0 Å². The number of rotatable bonds is 11. The first-order valence-electron chi connectivity index (χ1n) is 13.7. The molecule has 0 aliphatic heterocycles. The van der Waals surface area contributed by atoms with Crippen LogP contribution in [0.2, 0.25) is 0 Å². The van der Waals surface area contributed by atoms with Crippen LogP contribution in [0.5, 0.6) is 11.6 Å². The fourth-order valence-electron chi connectivity index (χ4n) is 4.16. The highest BCUT2D eigenvalue weighted by atomic mass is 19.1. The highest BCUT2D eigenvalue weighted by Crippen LogP contribution is 2.29. The van der Waals surface area contributed by atoms with E-state index in [1.165, 1.54) is 35.4 Å². The van der Waals surface area contributed by atoms with Gasteiger partial charge in [0.05, 0.1) is 13.7 Å². The van der Waals surface area contributed by atoms with E-state index in [2.05, 4.69) is 30.3 Å². The van der Waals surface area contributed by atoms with E-state index in [-0.39, 0.29) is 47.3 Å². The summed E-state index contributed by atoms with van der Waals surface area (Å²) in [5, 5.41) is 14.8. The number of likely N-dealkylation sites (N-methyl/N-ethyl adjacent to an activating group) is 1. The molecule has 1 atom stereocenters. The minimum absolute atomic E-state index is 0.0507. The lowest BCUT2D eigenvalue weighted by atomic mass is 10.1. The summed E-state index contributed by atoms with van der Waals surface area (Å²) in [5.74, 6) is -3.88. The normalized spacial score (nSPS) is 11.7. The van der Waals surface area contributed by atoms with Crippen LogP contribution in [-0.2, 0) is 20.9 Å². The molecule has 0 spiro atoms. The van der Waals surface area contributed by atoms with Crippen molar-refractivity contribution < 1.29 is 42.5 Å². The maximum Gasteiger partial charge on any atom is 0.418 e. The smallest absolute Gasteiger partial charge is 0.418 e. The Morgan fingerprint density at radius 2 is 1.91 bits per heavy atom. The second-order valence-electron chi connectivity index (χ2n) is 9.92. The Kier molecular flexibility index (Phi) is 10.6. The van der Waals surface area contributed by atoms with E-state index in [0.717, 1.165) is 30.1 Å². The summed E-state index contributed by atoms with van der Waals surface area (Å²) in [5.41, 5.74) is -1.39. The van der Waals surface area contributed by atoms with Crippen molar-refractivity contribution in [1.29, 1.82) is 0 Å². The number of anilines is 1. The average molecular weight is 655 g/mol. The molecule has 4 rings (SSSR count). The monoisotopic (exact) mass is 654 g/mol. The van der Waals surface area contributed by atoms with Crippen molar-refractivity contribution in [2.75, 3.05) is 26.5 Å². The maximum atomic E-state index is 14.2. The number of nitrogens with one attached hydrogen (secondary N) is 2. The number of halogens is 2. The second-order valence-corrected chi connectivity index (χ2v) is 9.92. The SMILES string of the molecule is COC(=O)N[C@@H](CC/C=C/C(=O)N(C)C)C(=O)Nc1cccn(Cc2nc3c(Oc4ccc(F)cc4F)ncnc3n2C(=O)O)c1=O. The van der Waals surface area contributed by atoms with Crippen LogP contribution in [-0.4, -0.2) is 85.3 Å². The Labute approximate surface area is 264 Å². The molecule has 1 aromatic carbocycles. The highest BCUT2D eigenvalue weighted by Gasteiger charge is 2.24. The molecule has 0 aliphatic rings. The van der Waals surface area contributed by atoms with Gasteiger partial charge < -0.3 is 34.7 Å². The number of benzene rings is 1. The molecule has 0 saturated heterocycles. The van der Waals surface area contributed by atoms with Gasteiger partial charge in [-0.2, -0.15) is 4.98 Å². The standard InChI is InChI=1S/C29H28F2N8O8/c1-37(2)22(40)9-5-4-7-18(35-28(43)46-3)25(41)34-19-8-6-12-38(27(19)42)14-21-36-23-24(39(21)29(44)45)32-15-33-26(23)47-20-11-10-16(30)13-17(20)31/h5-6,8-13,15,18H,4,7,14H2,1-3H3,(H,34,41)(H,35,43)(H,44,45)/b9-5+/t18-/m0/s1. The third-order valence-electron chi connectivity index (χ3n) is 6.48. The number of nitrogens with zero attached hydrogens (tertiary/aromatic N) is 6. The predicted octanol–water partition coefficient (Wildman–Crippen LogP) is 2.72. The largest absolute Gasteiger partial charge is 0.464 e. The number of allylic oxidation sites excluding steroid dienone is 1. The number of hydrogen-bond acceptors (Lipinski definition) is 10. The van der Waals surface area contributed by atoms with Crippen LogP contribution in [0.3, 0.4) is 0 Å². The van der Waals surface area contributed by atoms with Crippen molar-refractivity contribution in [2.45, 2.75) is 25.4 Å². The van der Waals surface area contributed by atoms with Crippen LogP contribution >= 0.6 is 0 Å². The molecule has 0 aliphatic carbocycles. The maximum absolute atomic E-state index is 14.2. The van der Waals surface area contributed by atoms with E-state index in [4.69, 9.17) is 4.74 Å². The minimum Gasteiger partial charge on any atom is -0.464 e. The molecule has 18 heteroatoms. The quantitative estimate of drug-likeness (QED) is 0.201. The lowest BCUT2D eigenvalue weighted by Gasteiger charge is -2.17. The van der Waals surface area contributed by atoms with Gasteiger partial charge >= 0.3 is 12.2 Å². The van der Waals surface area contributed by atoms with Gasteiger partial charge in [0.25, 0.3) is 11.4 Å². The van der Waals surface area contributed by atoms with Gasteiger partial charge in [-0.25, -0.2) is 32.9 Å². The molecule has 0 radical (unpaired) electrons. The Morgan fingerprint density at radius 3 is 2.60 bits per heavy atom. The summed E-state index contributed by atoms with van der Waals surface area (Å²) in [7, 11) is 4.26. The van der Waals surface area contributed by atoms with Crippen LogP contribution in [0, 0.1) is 11.6 Å². The van der Waals surface area contributed by atoms with Gasteiger partial charge in [-0.3, -0.25) is 14.4 Å². The molecule has 16 nitrogen and oxygen atoms in total. The van der Waals surface area contributed by atoms with Crippen molar-refractivity contribution in [3.63, 3.8) is 0 Å². The molecule has 3 amide bonds. The Hall–Kier alpha value is -6.20. The number of carbonyl (C=O) groups excluding carboxylic acids is 3. The summed E-state index contributed by atoms with van der Waals surface area (Å²) in [4.78, 5) is 75.8. The molecule has 0 unspecified atom stereocenters. The van der Waals surface area contributed by atoms with Gasteiger partial charge in [-0.1, -0.05) is 6.08 Å². The molecule has 47 heavy (non-hydrogen) atoms. The van der Waals surface area contributed by atoms with Crippen molar-refractivity contribution in [3.8, 4) is 11.6 Å². The third-order valence-corrected chi connectivity index (χ3v) is 6.48. The van der Waals surface area contributed by atoms with E-state index in [1.54, 1.807) is 14.1 Å². The molecule has 3 aromatic heterocycles.